The Morgan fingerprint density at radius 3 is 2.90 bits per heavy atom. The average molecular weight is 307 g/mol. The zero-order chi connectivity index (χ0) is 15.2. The Kier molecular flexibility index (Phi) is 3.33. The fourth-order valence-corrected chi connectivity index (χ4v) is 3.88. The van der Waals surface area contributed by atoms with Gasteiger partial charge in [-0.2, -0.15) is 0 Å². The maximum Gasteiger partial charge on any atom is 0.346 e. The lowest BCUT2D eigenvalue weighted by Gasteiger charge is -2.37. The minimum Gasteiger partial charge on any atom is -0.477 e. The van der Waals surface area contributed by atoms with Gasteiger partial charge in [-0.15, -0.1) is 11.3 Å². The number of aliphatic hydroxyl groups is 1. The molecular formula is C14H17N3O3S. The zero-order valence-electron chi connectivity index (χ0n) is 12.0. The lowest BCUT2D eigenvalue weighted by Crippen LogP contribution is -2.46. The molecule has 6 nitrogen and oxygen atoms in total. The fraction of sp³-hybridized carbons (Fsp3) is 0.500. The molecule has 0 saturated carbocycles. The molecule has 0 spiro atoms. The van der Waals surface area contributed by atoms with Gasteiger partial charge in [-0.3, -0.25) is 0 Å². The number of piperidine rings is 1. The van der Waals surface area contributed by atoms with E-state index in [0.29, 0.717) is 21.8 Å². The number of fused-ring (bicyclic) bond motifs is 1. The van der Waals surface area contributed by atoms with Crippen molar-refractivity contribution in [3.05, 3.63) is 16.8 Å². The van der Waals surface area contributed by atoms with Crippen LogP contribution in [0.4, 0.5) is 5.82 Å². The lowest BCUT2D eigenvalue weighted by atomic mass is 9.95. The van der Waals surface area contributed by atoms with Gasteiger partial charge in [-0.25, -0.2) is 14.8 Å². The number of carboxylic acids is 1. The van der Waals surface area contributed by atoms with Crippen molar-refractivity contribution in [3.63, 3.8) is 0 Å². The SMILES string of the molecule is Cc1c(C(=O)O)sc2ncnc(N3CCCC(C)(O)C3)c12. The summed E-state index contributed by atoms with van der Waals surface area (Å²) in [4.78, 5) is 22.8. The molecule has 112 valence electrons. The van der Waals surface area contributed by atoms with Gasteiger partial charge < -0.3 is 15.1 Å². The summed E-state index contributed by atoms with van der Waals surface area (Å²) >= 11 is 1.17. The Hall–Kier alpha value is -1.73. The quantitative estimate of drug-likeness (QED) is 0.883. The third-order valence-corrected chi connectivity index (χ3v) is 5.06. The second-order valence-electron chi connectivity index (χ2n) is 5.76. The second kappa shape index (κ2) is 4.92. The van der Waals surface area contributed by atoms with E-state index in [0.717, 1.165) is 30.6 Å². The van der Waals surface area contributed by atoms with Crippen LogP contribution in [-0.4, -0.2) is 44.8 Å². The first kappa shape index (κ1) is 14.2. The number of aromatic nitrogens is 2. The number of anilines is 1. The summed E-state index contributed by atoms with van der Waals surface area (Å²) < 4.78 is 0. The van der Waals surface area contributed by atoms with E-state index in [2.05, 4.69) is 9.97 Å². The summed E-state index contributed by atoms with van der Waals surface area (Å²) in [5.74, 6) is -0.215. The molecule has 2 aromatic rings. The highest BCUT2D eigenvalue weighted by molar-refractivity contribution is 7.20. The summed E-state index contributed by atoms with van der Waals surface area (Å²) in [5, 5.41) is 20.3. The van der Waals surface area contributed by atoms with Crippen LogP contribution in [0.25, 0.3) is 10.2 Å². The molecule has 1 unspecified atom stereocenters. The van der Waals surface area contributed by atoms with E-state index < -0.39 is 11.6 Å². The van der Waals surface area contributed by atoms with Gasteiger partial charge in [0.2, 0.25) is 0 Å². The van der Waals surface area contributed by atoms with Crippen LogP contribution in [0.2, 0.25) is 0 Å². The molecule has 1 aliphatic rings. The number of hydrogen-bond acceptors (Lipinski definition) is 6. The second-order valence-corrected chi connectivity index (χ2v) is 6.76. The molecule has 21 heavy (non-hydrogen) atoms. The molecule has 0 radical (unpaired) electrons. The predicted molar refractivity (Wildman–Crippen MR) is 81.2 cm³/mol. The third kappa shape index (κ3) is 2.47. The standard InChI is InChI=1S/C14H17N3O3S/c1-8-9-11(17-5-3-4-14(2,20)6-17)15-7-16-12(9)21-10(8)13(18)19/h7,20H,3-6H2,1-2H3,(H,18,19). The molecule has 3 heterocycles. The Morgan fingerprint density at radius 2 is 2.24 bits per heavy atom. The summed E-state index contributed by atoms with van der Waals surface area (Å²) in [7, 11) is 0. The van der Waals surface area contributed by atoms with Crippen LogP contribution < -0.4 is 4.90 Å². The van der Waals surface area contributed by atoms with Gasteiger partial charge >= 0.3 is 5.97 Å². The molecule has 0 bridgehead atoms. The molecule has 1 fully saturated rings. The molecule has 2 aromatic heterocycles. The molecule has 0 aromatic carbocycles. The van der Waals surface area contributed by atoms with E-state index in [9.17, 15) is 15.0 Å². The molecule has 1 aliphatic heterocycles. The van der Waals surface area contributed by atoms with Crippen LogP contribution in [0.5, 0.6) is 0 Å². The van der Waals surface area contributed by atoms with Crippen molar-refractivity contribution in [2.75, 3.05) is 18.0 Å². The fourth-order valence-electron chi connectivity index (χ4n) is 2.90. The van der Waals surface area contributed by atoms with Gasteiger partial charge in [-0.05, 0) is 32.3 Å². The highest BCUT2D eigenvalue weighted by Gasteiger charge is 2.31. The Morgan fingerprint density at radius 1 is 1.48 bits per heavy atom. The highest BCUT2D eigenvalue weighted by atomic mass is 32.1. The number of aryl methyl sites for hydroxylation is 1. The molecule has 7 heteroatoms. The van der Waals surface area contributed by atoms with Gasteiger partial charge in [0.1, 0.15) is 21.9 Å². The van der Waals surface area contributed by atoms with Crippen molar-refractivity contribution in [2.24, 2.45) is 0 Å². The van der Waals surface area contributed by atoms with E-state index in [-0.39, 0.29) is 0 Å². The van der Waals surface area contributed by atoms with Crippen LogP contribution in [0, 0.1) is 6.92 Å². The van der Waals surface area contributed by atoms with Crippen molar-refractivity contribution in [1.82, 2.24) is 9.97 Å². The van der Waals surface area contributed by atoms with E-state index in [4.69, 9.17) is 0 Å². The summed E-state index contributed by atoms with van der Waals surface area (Å²) in [5.41, 5.74) is -0.0435. The van der Waals surface area contributed by atoms with Gasteiger partial charge in [0.15, 0.2) is 0 Å². The number of carbonyl (C=O) groups is 1. The summed E-state index contributed by atoms with van der Waals surface area (Å²) in [6, 6.07) is 0. The zero-order valence-corrected chi connectivity index (χ0v) is 12.8. The van der Waals surface area contributed by atoms with E-state index in [1.54, 1.807) is 6.92 Å². The van der Waals surface area contributed by atoms with E-state index in [1.165, 1.54) is 17.7 Å². The number of β-amino-alcohol motifs (C(OH)–C–C–N with tert-alkyl or cyclic N) is 1. The Bertz CT molecular complexity index is 711. The van der Waals surface area contributed by atoms with Crippen molar-refractivity contribution in [1.29, 1.82) is 0 Å². The minimum atomic E-state index is -0.938. The van der Waals surface area contributed by atoms with Crippen molar-refractivity contribution in [3.8, 4) is 0 Å². The van der Waals surface area contributed by atoms with Crippen molar-refractivity contribution >= 4 is 33.3 Å². The number of rotatable bonds is 2. The van der Waals surface area contributed by atoms with Gasteiger partial charge in [-0.1, -0.05) is 0 Å². The maximum absolute atomic E-state index is 11.3. The molecule has 3 rings (SSSR count). The molecule has 1 atom stereocenters. The van der Waals surface area contributed by atoms with Crippen molar-refractivity contribution < 1.29 is 15.0 Å². The van der Waals surface area contributed by atoms with E-state index >= 15 is 0 Å². The van der Waals surface area contributed by atoms with Gasteiger partial charge in [0.05, 0.1) is 11.0 Å². The molecule has 0 aliphatic carbocycles. The minimum absolute atomic E-state index is 0.301. The first-order valence-corrected chi connectivity index (χ1v) is 7.65. The number of nitrogens with zero attached hydrogens (tertiary/aromatic N) is 3. The lowest BCUT2D eigenvalue weighted by molar-refractivity contribution is 0.0447. The number of carboxylic acid groups (broad SMARTS) is 1. The third-order valence-electron chi connectivity index (χ3n) is 3.88. The van der Waals surface area contributed by atoms with Crippen LogP contribution in [-0.2, 0) is 0 Å². The highest BCUT2D eigenvalue weighted by Crippen LogP contribution is 2.36. The summed E-state index contributed by atoms with van der Waals surface area (Å²) in [6.07, 6.45) is 3.11. The van der Waals surface area contributed by atoms with Crippen LogP contribution in [0.1, 0.15) is 35.0 Å². The molecule has 0 amide bonds. The van der Waals surface area contributed by atoms with Crippen LogP contribution in [0.15, 0.2) is 6.33 Å². The van der Waals surface area contributed by atoms with Crippen molar-refractivity contribution in [2.45, 2.75) is 32.3 Å². The Labute approximate surface area is 126 Å². The maximum atomic E-state index is 11.3. The Balaban J connectivity index is 2.12. The molecular weight excluding hydrogens is 290 g/mol. The predicted octanol–water partition coefficient (Wildman–Crippen LogP) is 2.05. The normalized spacial score (nSPS) is 22.7. The van der Waals surface area contributed by atoms with Crippen LogP contribution in [0.3, 0.4) is 0 Å². The largest absolute Gasteiger partial charge is 0.477 e. The molecule has 2 N–H and O–H groups in total. The molecule has 1 saturated heterocycles. The first-order chi connectivity index (χ1) is 9.89. The number of thiophene rings is 1. The van der Waals surface area contributed by atoms with Gasteiger partial charge in [0, 0.05) is 13.1 Å². The first-order valence-electron chi connectivity index (χ1n) is 6.84. The summed E-state index contributed by atoms with van der Waals surface area (Å²) in [6.45, 7) is 4.91. The number of hydrogen-bond donors (Lipinski definition) is 2. The average Bonchev–Trinajstić information content (AvgIpc) is 2.75. The topological polar surface area (TPSA) is 86.5 Å². The van der Waals surface area contributed by atoms with Gasteiger partial charge in [0.25, 0.3) is 0 Å². The monoisotopic (exact) mass is 307 g/mol. The van der Waals surface area contributed by atoms with E-state index in [1.807, 2.05) is 11.8 Å². The van der Waals surface area contributed by atoms with Crippen LogP contribution >= 0.6 is 11.3 Å². The number of aromatic carboxylic acids is 1. The smallest absolute Gasteiger partial charge is 0.346 e.